The van der Waals surface area contributed by atoms with E-state index in [1.807, 2.05) is 0 Å². The molecule has 3 rings (SSSR count). The Morgan fingerprint density at radius 3 is 2.74 bits per heavy atom. The van der Waals surface area contributed by atoms with Crippen LogP contribution in [-0.4, -0.2) is 50.1 Å². The number of nitrogens with zero attached hydrogens (tertiary/aromatic N) is 3. The fourth-order valence-corrected chi connectivity index (χ4v) is 3.68. The topological polar surface area (TPSA) is 96.5 Å². The van der Waals surface area contributed by atoms with Crippen LogP contribution in [0.25, 0.3) is 11.5 Å². The molecule has 1 aliphatic rings. The molecule has 9 heteroatoms. The van der Waals surface area contributed by atoms with E-state index in [1.165, 1.54) is 12.1 Å². The Balaban J connectivity index is 1.76. The average Bonchev–Trinajstić information content (AvgIpc) is 2.99. The van der Waals surface area contributed by atoms with Gasteiger partial charge in [-0.3, -0.25) is 9.59 Å². The molecule has 1 N–H and O–H groups in total. The number of carboxylic acid groups (broad SMARTS) is 1. The van der Waals surface area contributed by atoms with Crippen LogP contribution in [0.3, 0.4) is 0 Å². The second-order valence-electron chi connectivity index (χ2n) is 6.30. The highest BCUT2D eigenvalue weighted by Crippen LogP contribution is 2.30. The van der Waals surface area contributed by atoms with Crippen molar-refractivity contribution >= 4 is 23.6 Å². The normalized spacial score (nSPS) is 17.5. The standard InChI is InChI=1S/C18H20FN3O4S/c19-13-7-5-12(6-8-13)18-20-17(21-26-18)14-4-2-1-3-9-22(14)15(23)10-27-11-16(24)25/h5-8,14H,1-4,9-11H2,(H,24,25). The van der Waals surface area contributed by atoms with Gasteiger partial charge in [-0.25, -0.2) is 4.39 Å². The smallest absolute Gasteiger partial charge is 0.313 e. The molecule has 7 nitrogen and oxygen atoms in total. The molecule has 2 heterocycles. The van der Waals surface area contributed by atoms with E-state index >= 15 is 0 Å². The van der Waals surface area contributed by atoms with Gasteiger partial charge in [-0.1, -0.05) is 18.0 Å². The number of rotatable bonds is 6. The van der Waals surface area contributed by atoms with Crippen molar-refractivity contribution in [3.63, 3.8) is 0 Å². The van der Waals surface area contributed by atoms with Crippen molar-refractivity contribution in [3.05, 3.63) is 35.9 Å². The number of likely N-dealkylation sites (tertiary alicyclic amines) is 1. The van der Waals surface area contributed by atoms with E-state index < -0.39 is 5.97 Å². The highest BCUT2D eigenvalue weighted by atomic mass is 32.2. The van der Waals surface area contributed by atoms with Crippen molar-refractivity contribution in [3.8, 4) is 11.5 Å². The van der Waals surface area contributed by atoms with Crippen molar-refractivity contribution in [2.75, 3.05) is 18.1 Å². The van der Waals surface area contributed by atoms with E-state index in [1.54, 1.807) is 17.0 Å². The molecule has 1 fully saturated rings. The molecule has 1 saturated heterocycles. The molecule has 0 radical (unpaired) electrons. The number of carbonyl (C=O) groups is 2. The molecule has 1 aliphatic heterocycles. The van der Waals surface area contributed by atoms with Crippen LogP contribution in [0.5, 0.6) is 0 Å². The number of halogens is 1. The summed E-state index contributed by atoms with van der Waals surface area (Å²) in [7, 11) is 0. The average molecular weight is 393 g/mol. The lowest BCUT2D eigenvalue weighted by molar-refractivity contribution is -0.133. The van der Waals surface area contributed by atoms with Crippen LogP contribution in [0.4, 0.5) is 4.39 Å². The summed E-state index contributed by atoms with van der Waals surface area (Å²) in [5.74, 6) is -0.719. The van der Waals surface area contributed by atoms with E-state index in [0.29, 0.717) is 17.9 Å². The maximum absolute atomic E-state index is 13.1. The third-order valence-electron chi connectivity index (χ3n) is 4.36. The molecule has 0 bridgehead atoms. The van der Waals surface area contributed by atoms with Gasteiger partial charge in [0.15, 0.2) is 5.82 Å². The SMILES string of the molecule is O=C(O)CSCC(=O)N1CCCCCC1c1noc(-c2ccc(F)cc2)n1. The molecule has 144 valence electrons. The quantitative estimate of drug-likeness (QED) is 0.805. The Kier molecular flexibility index (Phi) is 6.44. The summed E-state index contributed by atoms with van der Waals surface area (Å²) in [6.45, 7) is 0.581. The van der Waals surface area contributed by atoms with Crippen molar-refractivity contribution in [1.82, 2.24) is 15.0 Å². The Bertz CT molecular complexity index is 796. The van der Waals surface area contributed by atoms with E-state index in [-0.39, 0.29) is 35.2 Å². The third-order valence-corrected chi connectivity index (χ3v) is 5.26. The first-order valence-corrected chi connectivity index (χ1v) is 9.88. The summed E-state index contributed by atoms with van der Waals surface area (Å²) in [5.41, 5.74) is 0.610. The van der Waals surface area contributed by atoms with E-state index in [4.69, 9.17) is 9.63 Å². The van der Waals surface area contributed by atoms with Crippen LogP contribution in [0.2, 0.25) is 0 Å². The van der Waals surface area contributed by atoms with Gasteiger partial charge in [0.25, 0.3) is 5.89 Å². The van der Waals surface area contributed by atoms with Gasteiger partial charge in [0.1, 0.15) is 5.82 Å². The van der Waals surface area contributed by atoms with Crippen LogP contribution < -0.4 is 0 Å². The first-order chi connectivity index (χ1) is 13.0. The van der Waals surface area contributed by atoms with Crippen molar-refractivity contribution in [2.24, 2.45) is 0 Å². The number of hydrogen-bond acceptors (Lipinski definition) is 6. The lowest BCUT2D eigenvalue weighted by Gasteiger charge is -2.27. The Hall–Kier alpha value is -2.42. The summed E-state index contributed by atoms with van der Waals surface area (Å²) in [5, 5.41) is 12.8. The van der Waals surface area contributed by atoms with Gasteiger partial charge < -0.3 is 14.5 Å². The monoisotopic (exact) mass is 393 g/mol. The lowest BCUT2D eigenvalue weighted by Crippen LogP contribution is -2.36. The number of carboxylic acids is 1. The summed E-state index contributed by atoms with van der Waals surface area (Å²) >= 11 is 1.08. The zero-order chi connectivity index (χ0) is 19.2. The summed E-state index contributed by atoms with van der Waals surface area (Å²) in [4.78, 5) is 29.4. The minimum Gasteiger partial charge on any atom is -0.481 e. The van der Waals surface area contributed by atoms with Crippen LogP contribution in [0.1, 0.15) is 37.5 Å². The van der Waals surface area contributed by atoms with Gasteiger partial charge in [-0.2, -0.15) is 4.98 Å². The van der Waals surface area contributed by atoms with Crippen LogP contribution >= 0.6 is 11.8 Å². The predicted molar refractivity (Wildman–Crippen MR) is 97.6 cm³/mol. The molecule has 27 heavy (non-hydrogen) atoms. The van der Waals surface area contributed by atoms with E-state index in [9.17, 15) is 14.0 Å². The minimum absolute atomic E-state index is 0.103. The summed E-state index contributed by atoms with van der Waals surface area (Å²) in [6.07, 6.45) is 3.55. The molecule has 0 spiro atoms. The van der Waals surface area contributed by atoms with Gasteiger partial charge in [0.05, 0.1) is 17.5 Å². The number of aliphatic carboxylic acids is 1. The molecule has 1 amide bonds. The summed E-state index contributed by atoms with van der Waals surface area (Å²) in [6, 6.07) is 5.46. The van der Waals surface area contributed by atoms with Crippen LogP contribution in [0, 0.1) is 5.82 Å². The lowest BCUT2D eigenvalue weighted by atomic mass is 10.1. The molecule has 1 atom stereocenters. The van der Waals surface area contributed by atoms with E-state index in [0.717, 1.165) is 37.4 Å². The highest BCUT2D eigenvalue weighted by molar-refractivity contribution is 8.00. The molecule has 1 aromatic heterocycles. The largest absolute Gasteiger partial charge is 0.481 e. The summed E-state index contributed by atoms with van der Waals surface area (Å²) < 4.78 is 18.4. The van der Waals surface area contributed by atoms with Gasteiger partial charge >= 0.3 is 5.97 Å². The Morgan fingerprint density at radius 1 is 1.22 bits per heavy atom. The third kappa shape index (κ3) is 5.06. The van der Waals surface area contributed by atoms with Gasteiger partial charge in [0.2, 0.25) is 5.91 Å². The molecule has 1 aromatic carbocycles. The molecule has 1 unspecified atom stereocenters. The van der Waals surface area contributed by atoms with Crippen molar-refractivity contribution in [2.45, 2.75) is 31.7 Å². The zero-order valence-electron chi connectivity index (χ0n) is 14.6. The first-order valence-electron chi connectivity index (χ1n) is 8.73. The second kappa shape index (κ2) is 8.98. The highest BCUT2D eigenvalue weighted by Gasteiger charge is 2.30. The molecule has 0 saturated carbocycles. The van der Waals surface area contributed by atoms with Crippen molar-refractivity contribution < 1.29 is 23.6 Å². The van der Waals surface area contributed by atoms with Gasteiger partial charge in [-0.15, -0.1) is 11.8 Å². The minimum atomic E-state index is -0.942. The molecular weight excluding hydrogens is 373 g/mol. The maximum Gasteiger partial charge on any atom is 0.313 e. The Labute approximate surface area is 159 Å². The molecule has 2 aromatic rings. The van der Waals surface area contributed by atoms with Crippen LogP contribution in [-0.2, 0) is 9.59 Å². The molecular formula is C18H20FN3O4S. The fourth-order valence-electron chi connectivity index (χ4n) is 3.06. The number of carbonyl (C=O) groups excluding carboxylic acids is 1. The van der Waals surface area contributed by atoms with E-state index in [2.05, 4.69) is 10.1 Å². The number of amides is 1. The van der Waals surface area contributed by atoms with Crippen molar-refractivity contribution in [1.29, 1.82) is 0 Å². The Morgan fingerprint density at radius 2 is 2.00 bits per heavy atom. The predicted octanol–water partition coefficient (Wildman–Crippen LogP) is 3.14. The van der Waals surface area contributed by atoms with Crippen LogP contribution in [0.15, 0.2) is 28.8 Å². The number of benzene rings is 1. The maximum atomic E-state index is 13.1. The van der Waals surface area contributed by atoms with Gasteiger partial charge in [-0.05, 0) is 37.1 Å². The number of aromatic nitrogens is 2. The zero-order valence-corrected chi connectivity index (χ0v) is 15.5. The second-order valence-corrected chi connectivity index (χ2v) is 7.29. The van der Waals surface area contributed by atoms with Gasteiger partial charge in [0, 0.05) is 12.1 Å². The fraction of sp³-hybridized carbons (Fsp3) is 0.444. The molecule has 0 aliphatic carbocycles. The number of hydrogen-bond donors (Lipinski definition) is 1. The first kappa shape index (κ1) is 19.3. The number of thioether (sulfide) groups is 1.